The van der Waals surface area contributed by atoms with Crippen LogP contribution in [0.25, 0.3) is 0 Å². The Bertz CT molecular complexity index is 903. The zero-order valence-electron chi connectivity index (χ0n) is 16.7. The quantitative estimate of drug-likeness (QED) is 0.600. The molecule has 0 aliphatic rings. The Morgan fingerprint density at radius 1 is 0.867 bits per heavy atom. The van der Waals surface area contributed by atoms with Crippen LogP contribution in [0.2, 0.25) is 0 Å². The average molecular weight is 419 g/mol. The monoisotopic (exact) mass is 419 g/mol. The standard InChI is InChI=1S/C21H23F2N3O4/c1-12(2)18(24-20(28)14-8-10-15(22)11-9-14)21(29)26-25-19(27)13(3)30-17-7-5-4-6-16(17)23/h4-13,18H,1-3H3,(H,24,28)(H,25,27)(H,26,29). The molecule has 7 nitrogen and oxygen atoms in total. The predicted octanol–water partition coefficient (Wildman–Crippen LogP) is 2.33. The van der Waals surface area contributed by atoms with Gasteiger partial charge < -0.3 is 10.1 Å². The molecule has 0 heterocycles. The maximum absolute atomic E-state index is 13.6. The van der Waals surface area contributed by atoms with Gasteiger partial charge in [0.15, 0.2) is 17.7 Å². The van der Waals surface area contributed by atoms with Crippen molar-refractivity contribution in [1.29, 1.82) is 0 Å². The van der Waals surface area contributed by atoms with Crippen LogP contribution >= 0.6 is 0 Å². The zero-order valence-corrected chi connectivity index (χ0v) is 16.7. The Morgan fingerprint density at radius 3 is 2.07 bits per heavy atom. The van der Waals surface area contributed by atoms with Crippen molar-refractivity contribution >= 4 is 17.7 Å². The summed E-state index contributed by atoms with van der Waals surface area (Å²) in [5, 5.41) is 2.55. The van der Waals surface area contributed by atoms with Gasteiger partial charge in [-0.3, -0.25) is 25.2 Å². The summed E-state index contributed by atoms with van der Waals surface area (Å²) < 4.78 is 31.9. The van der Waals surface area contributed by atoms with Gasteiger partial charge in [0.25, 0.3) is 17.7 Å². The number of halogens is 2. The molecule has 0 aromatic heterocycles. The van der Waals surface area contributed by atoms with Crippen LogP contribution in [0.5, 0.6) is 5.75 Å². The lowest BCUT2D eigenvalue weighted by Gasteiger charge is -2.22. The number of rotatable bonds is 7. The van der Waals surface area contributed by atoms with Crippen LogP contribution in [0.3, 0.4) is 0 Å². The molecule has 30 heavy (non-hydrogen) atoms. The van der Waals surface area contributed by atoms with Crippen molar-refractivity contribution in [2.45, 2.75) is 32.9 Å². The summed E-state index contributed by atoms with van der Waals surface area (Å²) in [6.07, 6.45) is -1.09. The van der Waals surface area contributed by atoms with E-state index in [4.69, 9.17) is 4.74 Å². The van der Waals surface area contributed by atoms with E-state index >= 15 is 0 Å². The number of amides is 3. The van der Waals surface area contributed by atoms with Crippen molar-refractivity contribution in [2.24, 2.45) is 5.92 Å². The Hall–Kier alpha value is -3.49. The van der Waals surface area contributed by atoms with Gasteiger partial charge in [-0.15, -0.1) is 0 Å². The van der Waals surface area contributed by atoms with Crippen molar-refractivity contribution in [3.63, 3.8) is 0 Å². The van der Waals surface area contributed by atoms with Crippen molar-refractivity contribution < 1.29 is 27.9 Å². The lowest BCUT2D eigenvalue weighted by molar-refractivity contribution is -0.133. The third-order valence-corrected chi connectivity index (χ3v) is 4.16. The lowest BCUT2D eigenvalue weighted by atomic mass is 10.0. The normalized spacial score (nSPS) is 12.6. The Kier molecular flexibility index (Phi) is 7.85. The first-order valence-corrected chi connectivity index (χ1v) is 9.26. The molecule has 0 saturated heterocycles. The van der Waals surface area contributed by atoms with Crippen LogP contribution in [0.4, 0.5) is 8.78 Å². The van der Waals surface area contributed by atoms with Gasteiger partial charge in [-0.05, 0) is 49.2 Å². The maximum Gasteiger partial charge on any atom is 0.279 e. The van der Waals surface area contributed by atoms with Gasteiger partial charge >= 0.3 is 0 Å². The number of hydrazine groups is 1. The number of ether oxygens (including phenoxy) is 1. The minimum absolute atomic E-state index is 0.0990. The van der Waals surface area contributed by atoms with Gasteiger partial charge in [-0.1, -0.05) is 26.0 Å². The molecule has 3 N–H and O–H groups in total. The van der Waals surface area contributed by atoms with Gasteiger partial charge in [-0.25, -0.2) is 8.78 Å². The van der Waals surface area contributed by atoms with E-state index in [1.54, 1.807) is 19.9 Å². The van der Waals surface area contributed by atoms with Gasteiger partial charge in [-0.2, -0.15) is 0 Å². The molecule has 0 spiro atoms. The molecule has 0 radical (unpaired) electrons. The van der Waals surface area contributed by atoms with Crippen LogP contribution < -0.4 is 20.9 Å². The SMILES string of the molecule is CC(Oc1ccccc1F)C(=O)NNC(=O)C(NC(=O)c1ccc(F)cc1)C(C)C. The highest BCUT2D eigenvalue weighted by molar-refractivity contribution is 5.97. The third-order valence-electron chi connectivity index (χ3n) is 4.16. The Balaban J connectivity index is 1.92. The summed E-state index contributed by atoms with van der Waals surface area (Å²) >= 11 is 0. The van der Waals surface area contributed by atoms with Crippen LogP contribution in [-0.4, -0.2) is 29.9 Å². The fraction of sp³-hybridized carbons (Fsp3) is 0.286. The van der Waals surface area contributed by atoms with E-state index in [1.165, 1.54) is 37.3 Å². The molecule has 0 saturated carbocycles. The fourth-order valence-electron chi connectivity index (χ4n) is 2.45. The molecule has 0 bridgehead atoms. The number of carbonyl (C=O) groups is 3. The molecule has 0 fully saturated rings. The van der Waals surface area contributed by atoms with Gasteiger partial charge in [0, 0.05) is 5.56 Å². The Labute approximate surface area is 172 Å². The largest absolute Gasteiger partial charge is 0.478 e. The highest BCUT2D eigenvalue weighted by Gasteiger charge is 2.26. The van der Waals surface area contributed by atoms with Crippen molar-refractivity contribution in [3.05, 3.63) is 65.7 Å². The van der Waals surface area contributed by atoms with E-state index in [1.807, 2.05) is 0 Å². The molecule has 0 aliphatic carbocycles. The number of para-hydroxylation sites is 1. The molecule has 3 amide bonds. The summed E-state index contributed by atoms with van der Waals surface area (Å²) in [5.41, 5.74) is 4.60. The molecule has 2 atom stereocenters. The summed E-state index contributed by atoms with van der Waals surface area (Å²) in [6.45, 7) is 4.81. The molecule has 160 valence electrons. The molecule has 2 unspecified atom stereocenters. The number of hydrogen-bond acceptors (Lipinski definition) is 4. The minimum atomic E-state index is -1.09. The number of hydrogen-bond donors (Lipinski definition) is 3. The molecule has 9 heteroatoms. The zero-order chi connectivity index (χ0) is 22.3. The van der Waals surface area contributed by atoms with E-state index in [9.17, 15) is 23.2 Å². The first kappa shape index (κ1) is 22.8. The summed E-state index contributed by atoms with van der Waals surface area (Å²) in [6, 6.07) is 9.50. The molecule has 2 aromatic carbocycles. The second kappa shape index (κ2) is 10.3. The molecule has 0 aliphatic heterocycles. The minimum Gasteiger partial charge on any atom is -0.478 e. The molecule has 2 rings (SSSR count). The van der Waals surface area contributed by atoms with Gasteiger partial charge in [0.05, 0.1) is 0 Å². The molecular weight excluding hydrogens is 396 g/mol. The first-order chi connectivity index (χ1) is 14.2. The Morgan fingerprint density at radius 2 is 1.47 bits per heavy atom. The topological polar surface area (TPSA) is 96.5 Å². The number of carbonyl (C=O) groups excluding carboxylic acids is 3. The smallest absolute Gasteiger partial charge is 0.279 e. The highest BCUT2D eigenvalue weighted by atomic mass is 19.1. The van der Waals surface area contributed by atoms with E-state index in [0.29, 0.717) is 0 Å². The van der Waals surface area contributed by atoms with E-state index < -0.39 is 41.5 Å². The van der Waals surface area contributed by atoms with Crippen molar-refractivity contribution in [1.82, 2.24) is 16.2 Å². The van der Waals surface area contributed by atoms with Gasteiger partial charge in [0.1, 0.15) is 11.9 Å². The second-order valence-corrected chi connectivity index (χ2v) is 6.87. The van der Waals surface area contributed by atoms with E-state index in [-0.39, 0.29) is 17.2 Å². The molecular formula is C21H23F2N3O4. The predicted molar refractivity (Wildman–Crippen MR) is 105 cm³/mol. The van der Waals surface area contributed by atoms with Gasteiger partial charge in [0.2, 0.25) is 0 Å². The van der Waals surface area contributed by atoms with E-state index in [0.717, 1.165) is 12.1 Å². The van der Waals surface area contributed by atoms with Crippen LogP contribution in [-0.2, 0) is 9.59 Å². The summed E-state index contributed by atoms with van der Waals surface area (Å²) in [4.78, 5) is 36.9. The molecule has 2 aromatic rings. The van der Waals surface area contributed by atoms with Crippen LogP contribution in [0.1, 0.15) is 31.1 Å². The number of nitrogens with one attached hydrogen (secondary N) is 3. The first-order valence-electron chi connectivity index (χ1n) is 9.26. The fourth-order valence-corrected chi connectivity index (χ4v) is 2.45. The summed E-state index contributed by atoms with van der Waals surface area (Å²) in [5.74, 6) is -3.45. The summed E-state index contributed by atoms with van der Waals surface area (Å²) in [7, 11) is 0. The van der Waals surface area contributed by atoms with Crippen LogP contribution in [0, 0.1) is 17.6 Å². The third kappa shape index (κ3) is 6.26. The van der Waals surface area contributed by atoms with E-state index in [2.05, 4.69) is 16.2 Å². The average Bonchev–Trinajstić information content (AvgIpc) is 2.71. The highest BCUT2D eigenvalue weighted by Crippen LogP contribution is 2.16. The lowest BCUT2D eigenvalue weighted by Crippen LogP contribution is -2.56. The van der Waals surface area contributed by atoms with Crippen LogP contribution in [0.15, 0.2) is 48.5 Å². The van der Waals surface area contributed by atoms with Crippen molar-refractivity contribution in [2.75, 3.05) is 0 Å². The number of benzene rings is 2. The maximum atomic E-state index is 13.6. The van der Waals surface area contributed by atoms with Crippen molar-refractivity contribution in [3.8, 4) is 5.75 Å². The second-order valence-electron chi connectivity index (χ2n) is 6.87.